The van der Waals surface area contributed by atoms with Crippen molar-refractivity contribution in [2.24, 2.45) is 5.41 Å². The van der Waals surface area contributed by atoms with E-state index >= 15 is 0 Å². The summed E-state index contributed by atoms with van der Waals surface area (Å²) in [5.41, 5.74) is 0.314. The van der Waals surface area contributed by atoms with Gasteiger partial charge in [0.1, 0.15) is 5.78 Å². The highest BCUT2D eigenvalue weighted by atomic mass is 32.2. The van der Waals surface area contributed by atoms with E-state index in [1.165, 1.54) is 16.1 Å². The van der Waals surface area contributed by atoms with Gasteiger partial charge in [-0.05, 0) is 25.0 Å². The molecule has 0 spiro atoms. The minimum Gasteiger partial charge on any atom is -0.379 e. The molecule has 1 saturated carbocycles. The van der Waals surface area contributed by atoms with Crippen LogP contribution in [0.4, 0.5) is 0 Å². The zero-order chi connectivity index (χ0) is 23.6. The molecule has 2 aliphatic rings. The van der Waals surface area contributed by atoms with Gasteiger partial charge < -0.3 is 4.74 Å². The van der Waals surface area contributed by atoms with Gasteiger partial charge in [0, 0.05) is 30.1 Å². The number of hydrogen-bond donors (Lipinski definition) is 0. The van der Waals surface area contributed by atoms with Crippen molar-refractivity contribution in [3.63, 3.8) is 0 Å². The maximum Gasteiger partial charge on any atom is 0.243 e. The molecule has 1 aromatic carbocycles. The van der Waals surface area contributed by atoms with Crippen LogP contribution >= 0.6 is 11.8 Å². The molecule has 0 atom stereocenters. The van der Waals surface area contributed by atoms with Crippen LogP contribution in [0.3, 0.4) is 0 Å². The largest absolute Gasteiger partial charge is 0.379 e. The molecule has 1 aliphatic heterocycles. The molecule has 180 valence electrons. The van der Waals surface area contributed by atoms with Gasteiger partial charge >= 0.3 is 0 Å². The van der Waals surface area contributed by atoms with Crippen LogP contribution in [-0.2, 0) is 19.6 Å². The average Bonchev–Trinajstić information content (AvgIpc) is 3.47. The molecular weight excluding hydrogens is 460 g/mol. The fourth-order valence-electron chi connectivity index (χ4n) is 4.14. The Balaban J connectivity index is 1.67. The third-order valence-corrected chi connectivity index (χ3v) is 9.06. The van der Waals surface area contributed by atoms with Gasteiger partial charge in [-0.25, -0.2) is 8.42 Å². The summed E-state index contributed by atoms with van der Waals surface area (Å²) in [6.07, 6.45) is 4.33. The Morgan fingerprint density at radius 1 is 1.15 bits per heavy atom. The standard InChI is InChI=1S/C23H32N4O4S2/c1-23(2,3)20(28)16-32-22-25-24-21(27(22)18-8-4-5-9-18)17-7-6-10-19(15-17)33(29,30)26-11-13-31-14-12-26/h6-7,10,15,18H,4-5,8-9,11-14,16H2,1-3H3. The molecule has 4 rings (SSSR count). The number of benzene rings is 1. The van der Waals surface area contributed by atoms with E-state index in [4.69, 9.17) is 4.74 Å². The maximum absolute atomic E-state index is 13.2. The molecule has 0 unspecified atom stereocenters. The van der Waals surface area contributed by atoms with Crippen molar-refractivity contribution < 1.29 is 17.9 Å². The summed E-state index contributed by atoms with van der Waals surface area (Å²) in [7, 11) is -3.61. The summed E-state index contributed by atoms with van der Waals surface area (Å²) in [6, 6.07) is 7.20. The van der Waals surface area contributed by atoms with Crippen molar-refractivity contribution in [1.82, 2.24) is 19.1 Å². The third kappa shape index (κ3) is 5.34. The molecule has 8 nitrogen and oxygen atoms in total. The van der Waals surface area contributed by atoms with E-state index in [2.05, 4.69) is 14.8 Å². The highest BCUT2D eigenvalue weighted by molar-refractivity contribution is 7.99. The smallest absolute Gasteiger partial charge is 0.243 e. The number of carbonyl (C=O) groups excluding carboxylic acids is 1. The number of nitrogens with zero attached hydrogens (tertiary/aromatic N) is 4. The number of hydrogen-bond acceptors (Lipinski definition) is 7. The summed E-state index contributed by atoms with van der Waals surface area (Å²) in [4.78, 5) is 12.7. The second-order valence-electron chi connectivity index (χ2n) is 9.62. The number of thioether (sulfide) groups is 1. The molecule has 0 radical (unpaired) electrons. The van der Waals surface area contributed by atoms with Crippen LogP contribution in [0.25, 0.3) is 11.4 Å². The molecule has 0 N–H and O–H groups in total. The predicted octanol–water partition coefficient (Wildman–Crippen LogP) is 3.79. The van der Waals surface area contributed by atoms with E-state index in [0.29, 0.717) is 37.9 Å². The van der Waals surface area contributed by atoms with Gasteiger partial charge in [-0.2, -0.15) is 4.31 Å². The molecule has 33 heavy (non-hydrogen) atoms. The Bertz CT molecular complexity index is 1100. The van der Waals surface area contributed by atoms with Crippen LogP contribution in [0.1, 0.15) is 52.5 Å². The average molecular weight is 493 g/mol. The van der Waals surface area contributed by atoms with Gasteiger partial charge in [-0.3, -0.25) is 9.36 Å². The number of rotatable bonds is 7. The number of Topliss-reactive ketones (excluding diaryl/α,β-unsaturated/α-hetero) is 1. The van der Waals surface area contributed by atoms with Crippen LogP contribution in [-0.4, -0.2) is 65.3 Å². The first-order chi connectivity index (χ1) is 15.7. The zero-order valence-corrected chi connectivity index (χ0v) is 21.1. The summed E-state index contributed by atoms with van der Waals surface area (Å²) in [6.45, 7) is 7.28. The summed E-state index contributed by atoms with van der Waals surface area (Å²) >= 11 is 1.42. The van der Waals surface area contributed by atoms with Gasteiger partial charge in [-0.1, -0.05) is 57.5 Å². The molecule has 2 heterocycles. The lowest BCUT2D eigenvalue weighted by Gasteiger charge is -2.26. The van der Waals surface area contributed by atoms with Crippen LogP contribution in [0, 0.1) is 5.41 Å². The Morgan fingerprint density at radius 3 is 2.52 bits per heavy atom. The molecule has 0 bridgehead atoms. The second kappa shape index (κ2) is 9.85. The molecule has 2 aromatic rings. The topological polar surface area (TPSA) is 94.4 Å². The molecule has 0 amide bonds. The molecule has 2 fully saturated rings. The van der Waals surface area contributed by atoms with E-state index in [1.807, 2.05) is 26.8 Å². The van der Waals surface area contributed by atoms with Gasteiger partial charge in [0.05, 0.1) is 23.9 Å². The number of morpholine rings is 1. The molecule has 1 aliphatic carbocycles. The number of sulfonamides is 1. The predicted molar refractivity (Wildman–Crippen MR) is 128 cm³/mol. The fraction of sp³-hybridized carbons (Fsp3) is 0.609. The summed E-state index contributed by atoms with van der Waals surface area (Å²) in [5, 5.41) is 9.60. The molecule has 10 heteroatoms. The van der Waals surface area contributed by atoms with Crippen molar-refractivity contribution in [1.29, 1.82) is 0 Å². The highest BCUT2D eigenvalue weighted by Gasteiger charge is 2.29. The Labute approximate surface area is 200 Å². The van der Waals surface area contributed by atoms with Crippen molar-refractivity contribution in [3.05, 3.63) is 24.3 Å². The minimum atomic E-state index is -3.61. The van der Waals surface area contributed by atoms with Crippen LogP contribution in [0.15, 0.2) is 34.3 Å². The number of ketones is 1. The Morgan fingerprint density at radius 2 is 1.85 bits per heavy atom. The van der Waals surface area contributed by atoms with E-state index in [9.17, 15) is 13.2 Å². The first-order valence-corrected chi connectivity index (χ1v) is 13.9. The minimum absolute atomic E-state index is 0.161. The monoisotopic (exact) mass is 492 g/mol. The Hall–Kier alpha value is -1.75. The Kier molecular flexibility index (Phi) is 7.28. The SMILES string of the molecule is CC(C)(C)C(=O)CSc1nnc(-c2cccc(S(=O)(=O)N3CCOCC3)c2)n1C1CCCC1. The first-order valence-electron chi connectivity index (χ1n) is 11.5. The lowest BCUT2D eigenvalue weighted by molar-refractivity contribution is -0.123. The van der Waals surface area contributed by atoms with Crippen molar-refractivity contribution in [3.8, 4) is 11.4 Å². The second-order valence-corrected chi connectivity index (χ2v) is 12.5. The van der Waals surface area contributed by atoms with Crippen molar-refractivity contribution in [2.45, 2.75) is 62.5 Å². The van der Waals surface area contributed by atoms with Crippen LogP contribution < -0.4 is 0 Å². The maximum atomic E-state index is 13.2. The number of aromatic nitrogens is 3. The van der Waals surface area contributed by atoms with E-state index in [0.717, 1.165) is 36.4 Å². The normalized spacial score (nSPS) is 18.6. The molecular formula is C23H32N4O4S2. The third-order valence-electron chi connectivity index (χ3n) is 6.22. The van der Waals surface area contributed by atoms with E-state index in [1.54, 1.807) is 18.2 Å². The van der Waals surface area contributed by atoms with Crippen LogP contribution in [0.5, 0.6) is 0 Å². The number of ether oxygens (including phenoxy) is 1. The first kappa shape index (κ1) is 24.4. The molecule has 1 saturated heterocycles. The lowest BCUT2D eigenvalue weighted by atomic mass is 9.92. The summed E-state index contributed by atoms with van der Waals surface area (Å²) < 4.78 is 35.2. The van der Waals surface area contributed by atoms with Crippen LogP contribution in [0.2, 0.25) is 0 Å². The van der Waals surface area contributed by atoms with E-state index < -0.39 is 15.4 Å². The zero-order valence-electron chi connectivity index (χ0n) is 19.5. The number of carbonyl (C=O) groups is 1. The van der Waals surface area contributed by atoms with E-state index in [-0.39, 0.29) is 16.7 Å². The van der Waals surface area contributed by atoms with Crippen molar-refractivity contribution in [2.75, 3.05) is 32.1 Å². The molecule has 1 aromatic heterocycles. The summed E-state index contributed by atoms with van der Waals surface area (Å²) in [5.74, 6) is 1.15. The van der Waals surface area contributed by atoms with Gasteiger partial charge in [0.15, 0.2) is 11.0 Å². The fourth-order valence-corrected chi connectivity index (χ4v) is 6.76. The van der Waals surface area contributed by atoms with Gasteiger partial charge in [-0.15, -0.1) is 10.2 Å². The van der Waals surface area contributed by atoms with Crippen molar-refractivity contribution >= 4 is 27.6 Å². The highest BCUT2D eigenvalue weighted by Crippen LogP contribution is 2.37. The van der Waals surface area contributed by atoms with Gasteiger partial charge in [0.25, 0.3) is 0 Å². The quantitative estimate of drug-likeness (QED) is 0.543. The van der Waals surface area contributed by atoms with Gasteiger partial charge in [0.2, 0.25) is 10.0 Å². The lowest BCUT2D eigenvalue weighted by Crippen LogP contribution is -2.40.